The zero-order valence-corrected chi connectivity index (χ0v) is 23.5. The number of amides is 3. The molecule has 3 heterocycles. The predicted octanol–water partition coefficient (Wildman–Crippen LogP) is 3.47. The lowest BCUT2D eigenvalue weighted by molar-refractivity contribution is -0.141. The second-order valence-corrected chi connectivity index (χ2v) is 10.1. The summed E-state index contributed by atoms with van der Waals surface area (Å²) in [6.45, 7) is 0.251. The van der Waals surface area contributed by atoms with Crippen molar-refractivity contribution in [3.05, 3.63) is 89.1 Å². The number of carbonyl (C=O) groups is 3. The molecular weight excluding hydrogens is 589 g/mol. The first kappa shape index (κ1) is 31.4. The largest absolute Gasteiger partial charge is 0.474 e. The molecule has 0 unspecified atom stereocenters. The van der Waals surface area contributed by atoms with Gasteiger partial charge in [-0.15, -0.1) is 0 Å². The Morgan fingerprint density at radius 3 is 2.49 bits per heavy atom. The first-order valence-electron chi connectivity index (χ1n) is 13.3. The molecule has 10 nitrogen and oxygen atoms in total. The van der Waals surface area contributed by atoms with Crippen LogP contribution in [-0.4, -0.2) is 69.4 Å². The lowest BCUT2D eigenvalue weighted by atomic mass is 10.1. The topological polar surface area (TPSA) is 126 Å². The molecule has 0 aliphatic carbocycles. The molecule has 1 saturated heterocycles. The van der Waals surface area contributed by atoms with E-state index in [1.54, 1.807) is 54.7 Å². The van der Waals surface area contributed by atoms with E-state index in [1.165, 1.54) is 11.0 Å². The summed E-state index contributed by atoms with van der Waals surface area (Å²) in [7, 11) is 0. The number of nitrogens with zero attached hydrogens (tertiary/aromatic N) is 4. The Hall–Kier alpha value is -4.52. The molecule has 3 amide bonds. The molecule has 0 radical (unpaired) electrons. The van der Waals surface area contributed by atoms with Crippen molar-refractivity contribution in [2.24, 2.45) is 0 Å². The first-order chi connectivity index (χ1) is 20.6. The minimum Gasteiger partial charge on any atom is -0.474 e. The number of hydrogen-bond acceptors (Lipinski definition) is 7. The van der Waals surface area contributed by atoms with Gasteiger partial charge in [0.15, 0.2) is 5.69 Å². The van der Waals surface area contributed by atoms with E-state index < -0.39 is 35.8 Å². The molecule has 226 valence electrons. The Kier molecular flexibility index (Phi) is 10.7. The van der Waals surface area contributed by atoms with Gasteiger partial charge in [-0.05, 0) is 35.9 Å². The number of ether oxygens (including phenoxy) is 1. The SMILES string of the molecule is O=C(C=Cc1ccc(Cl)cc1)N[C@@H](Cc1ccccn1)C(=O)NCC(=O)N1CCC(Oc2cc(C(F)(F)F)ncn2)CC1. The van der Waals surface area contributed by atoms with Gasteiger partial charge in [0.25, 0.3) is 0 Å². The highest BCUT2D eigenvalue weighted by Gasteiger charge is 2.33. The van der Waals surface area contributed by atoms with Gasteiger partial charge in [-0.1, -0.05) is 29.8 Å². The van der Waals surface area contributed by atoms with E-state index >= 15 is 0 Å². The average Bonchev–Trinajstić information content (AvgIpc) is 3.00. The van der Waals surface area contributed by atoms with E-state index in [9.17, 15) is 27.6 Å². The molecule has 14 heteroatoms. The monoisotopic (exact) mass is 616 g/mol. The number of nitrogens with one attached hydrogen (secondary N) is 2. The normalized spacial score (nSPS) is 14.7. The van der Waals surface area contributed by atoms with E-state index in [-0.39, 0.29) is 37.8 Å². The number of piperidine rings is 1. The van der Waals surface area contributed by atoms with Crippen LogP contribution < -0.4 is 15.4 Å². The summed E-state index contributed by atoms with van der Waals surface area (Å²) >= 11 is 5.89. The van der Waals surface area contributed by atoms with Crippen LogP contribution in [0.25, 0.3) is 6.08 Å². The van der Waals surface area contributed by atoms with Gasteiger partial charge < -0.3 is 20.3 Å². The standard InChI is InChI=1S/C29H28ClF3N6O4/c30-20-7-4-19(5-8-20)6-9-25(40)38-23(15-21-3-1-2-12-34-21)28(42)35-17-27(41)39-13-10-22(11-14-39)43-26-16-24(29(31,32)33)36-18-37-26/h1-9,12,16,18,22-23H,10-11,13-15,17H2,(H,35,42)(H,38,40)/t23-/m0/s1. The van der Waals surface area contributed by atoms with Crippen molar-refractivity contribution >= 4 is 35.4 Å². The highest BCUT2D eigenvalue weighted by Crippen LogP contribution is 2.29. The van der Waals surface area contributed by atoms with Crippen molar-refractivity contribution in [1.29, 1.82) is 0 Å². The quantitative estimate of drug-likeness (QED) is 0.334. The second-order valence-electron chi connectivity index (χ2n) is 9.63. The fraction of sp³-hybridized carbons (Fsp3) is 0.310. The van der Waals surface area contributed by atoms with Crippen LogP contribution in [0.5, 0.6) is 5.88 Å². The van der Waals surface area contributed by atoms with Crippen LogP contribution in [0.4, 0.5) is 13.2 Å². The Bertz CT molecular complexity index is 1430. The molecule has 1 aliphatic heterocycles. The average molecular weight is 617 g/mol. The van der Waals surface area contributed by atoms with E-state index in [0.29, 0.717) is 23.6 Å². The highest BCUT2D eigenvalue weighted by atomic mass is 35.5. The zero-order valence-electron chi connectivity index (χ0n) is 22.8. The van der Waals surface area contributed by atoms with Gasteiger partial charge in [-0.2, -0.15) is 13.2 Å². The van der Waals surface area contributed by atoms with Gasteiger partial charge >= 0.3 is 6.18 Å². The van der Waals surface area contributed by atoms with Gasteiger partial charge in [0.2, 0.25) is 23.6 Å². The van der Waals surface area contributed by atoms with Gasteiger partial charge in [0.1, 0.15) is 18.5 Å². The highest BCUT2D eigenvalue weighted by molar-refractivity contribution is 6.30. The number of aromatic nitrogens is 3. The number of likely N-dealkylation sites (tertiary alicyclic amines) is 1. The van der Waals surface area contributed by atoms with Crippen LogP contribution in [0, 0.1) is 0 Å². The zero-order chi connectivity index (χ0) is 30.8. The van der Waals surface area contributed by atoms with Crippen LogP contribution in [0.15, 0.2) is 67.1 Å². The number of alkyl halides is 3. The lowest BCUT2D eigenvalue weighted by Gasteiger charge is -2.32. The van der Waals surface area contributed by atoms with E-state index in [1.807, 2.05) is 0 Å². The van der Waals surface area contributed by atoms with Crippen LogP contribution in [-0.2, 0) is 27.0 Å². The smallest absolute Gasteiger partial charge is 0.433 e. The Balaban J connectivity index is 1.29. The summed E-state index contributed by atoms with van der Waals surface area (Å²) in [4.78, 5) is 51.2. The van der Waals surface area contributed by atoms with Gasteiger partial charge in [-0.3, -0.25) is 19.4 Å². The molecule has 1 fully saturated rings. The second kappa shape index (κ2) is 14.6. The third-order valence-corrected chi connectivity index (χ3v) is 6.75. The molecule has 43 heavy (non-hydrogen) atoms. The van der Waals surface area contributed by atoms with E-state index in [0.717, 1.165) is 18.0 Å². The maximum absolute atomic E-state index is 13.1. The number of pyridine rings is 1. The van der Waals surface area contributed by atoms with E-state index in [4.69, 9.17) is 16.3 Å². The molecule has 3 aromatic rings. The molecule has 2 N–H and O–H groups in total. The van der Waals surface area contributed by atoms with E-state index in [2.05, 4.69) is 25.6 Å². The minimum absolute atomic E-state index is 0.100. The third kappa shape index (κ3) is 9.77. The number of rotatable bonds is 10. The van der Waals surface area contributed by atoms with Crippen molar-refractivity contribution < 1.29 is 32.3 Å². The van der Waals surface area contributed by atoms with Crippen molar-refractivity contribution in [3.8, 4) is 5.88 Å². The molecule has 1 aliphatic rings. The summed E-state index contributed by atoms with van der Waals surface area (Å²) < 4.78 is 44.3. The summed E-state index contributed by atoms with van der Waals surface area (Å²) in [5.41, 5.74) is 0.216. The van der Waals surface area contributed by atoms with Crippen molar-refractivity contribution in [2.75, 3.05) is 19.6 Å². The number of halogens is 4. The van der Waals surface area contributed by atoms with Crippen LogP contribution >= 0.6 is 11.6 Å². The fourth-order valence-corrected chi connectivity index (χ4v) is 4.38. The fourth-order valence-electron chi connectivity index (χ4n) is 4.25. The predicted molar refractivity (Wildman–Crippen MR) is 151 cm³/mol. The Morgan fingerprint density at radius 2 is 1.81 bits per heavy atom. The van der Waals surface area contributed by atoms with Crippen LogP contribution in [0.2, 0.25) is 5.02 Å². The summed E-state index contributed by atoms with van der Waals surface area (Å²) in [6.07, 6.45) is 1.02. The number of carbonyl (C=O) groups excluding carboxylic acids is 3. The molecule has 0 bridgehead atoms. The van der Waals surface area contributed by atoms with Crippen molar-refractivity contribution in [1.82, 2.24) is 30.5 Å². The lowest BCUT2D eigenvalue weighted by Crippen LogP contribution is -2.51. The summed E-state index contributed by atoms with van der Waals surface area (Å²) in [6, 6.07) is 11.8. The van der Waals surface area contributed by atoms with Gasteiger partial charge in [0, 0.05) is 61.4 Å². The number of hydrogen-bond donors (Lipinski definition) is 2. The van der Waals surface area contributed by atoms with Crippen LogP contribution in [0.1, 0.15) is 29.8 Å². The van der Waals surface area contributed by atoms with Crippen LogP contribution in [0.3, 0.4) is 0 Å². The molecule has 0 spiro atoms. The summed E-state index contributed by atoms with van der Waals surface area (Å²) in [5, 5.41) is 5.82. The van der Waals surface area contributed by atoms with Crippen molar-refractivity contribution in [3.63, 3.8) is 0 Å². The third-order valence-electron chi connectivity index (χ3n) is 6.50. The van der Waals surface area contributed by atoms with Crippen molar-refractivity contribution in [2.45, 2.75) is 37.6 Å². The molecule has 1 aromatic carbocycles. The number of benzene rings is 1. The molecular formula is C29H28ClF3N6O4. The van der Waals surface area contributed by atoms with Gasteiger partial charge in [0.05, 0.1) is 6.54 Å². The molecule has 1 atom stereocenters. The minimum atomic E-state index is -4.62. The Labute approximate surface area is 250 Å². The maximum Gasteiger partial charge on any atom is 0.433 e. The first-order valence-corrected chi connectivity index (χ1v) is 13.7. The molecule has 4 rings (SSSR count). The van der Waals surface area contributed by atoms with Gasteiger partial charge in [-0.25, -0.2) is 9.97 Å². The summed E-state index contributed by atoms with van der Waals surface area (Å²) in [5.74, 6) is -1.61. The molecule has 0 saturated carbocycles. The Morgan fingerprint density at radius 1 is 1.07 bits per heavy atom. The maximum atomic E-state index is 13.1. The molecule has 2 aromatic heterocycles.